The Hall–Kier alpha value is -0.710. The average Bonchev–Trinajstić information content (AvgIpc) is 2.74. The van der Waals surface area contributed by atoms with Crippen LogP contribution in [-0.4, -0.2) is 13.1 Å². The Balaban J connectivity index is 2.41. The summed E-state index contributed by atoms with van der Waals surface area (Å²) in [6.45, 7) is 1.46. The Kier molecular flexibility index (Phi) is 3.42. The van der Waals surface area contributed by atoms with E-state index in [1.54, 1.807) is 0 Å². The predicted octanol–water partition coefficient (Wildman–Crippen LogP) is 4.13. The fraction of sp³-hybridized carbons (Fsp3) is 0.455. The summed E-state index contributed by atoms with van der Waals surface area (Å²) < 4.78 is 39.0. The van der Waals surface area contributed by atoms with Gasteiger partial charge in [-0.3, -0.25) is 0 Å². The topological polar surface area (TPSA) is 3.24 Å². The van der Waals surface area contributed by atoms with Gasteiger partial charge < -0.3 is 4.90 Å². The molecule has 0 saturated carbocycles. The van der Waals surface area contributed by atoms with Crippen LogP contribution in [-0.2, 0) is 0 Å². The van der Waals surface area contributed by atoms with Crippen LogP contribution in [0.25, 0.3) is 0 Å². The van der Waals surface area contributed by atoms with Crippen molar-refractivity contribution in [1.82, 2.24) is 0 Å². The summed E-state index contributed by atoms with van der Waals surface area (Å²) >= 11 is 2.98. The third kappa shape index (κ3) is 2.19. The molecule has 1 saturated heterocycles. The lowest BCUT2D eigenvalue weighted by Gasteiger charge is -2.20. The minimum absolute atomic E-state index is 0.104. The Morgan fingerprint density at radius 2 is 1.81 bits per heavy atom. The van der Waals surface area contributed by atoms with Gasteiger partial charge in [-0.2, -0.15) is 0 Å². The van der Waals surface area contributed by atoms with Crippen LogP contribution in [0.4, 0.5) is 18.9 Å². The van der Waals surface area contributed by atoms with Crippen LogP contribution in [0.1, 0.15) is 24.8 Å². The van der Waals surface area contributed by atoms with Crippen molar-refractivity contribution in [1.29, 1.82) is 0 Å². The van der Waals surface area contributed by atoms with Gasteiger partial charge in [0.1, 0.15) is 0 Å². The number of alkyl halides is 2. The molecule has 0 aliphatic carbocycles. The molecule has 2 rings (SSSR count). The zero-order valence-electron chi connectivity index (χ0n) is 8.52. The van der Waals surface area contributed by atoms with Crippen LogP contribution >= 0.6 is 15.9 Å². The molecule has 1 aliphatic rings. The maximum Gasteiger partial charge on any atom is 0.263 e. The molecule has 5 heteroatoms. The lowest BCUT2D eigenvalue weighted by atomic mass is 10.2. The first-order valence-corrected chi connectivity index (χ1v) is 5.91. The van der Waals surface area contributed by atoms with E-state index in [0.29, 0.717) is 0 Å². The highest BCUT2D eigenvalue weighted by atomic mass is 79.9. The SMILES string of the molecule is Fc1c(Br)cc(C(F)F)cc1N1CCCC1. The van der Waals surface area contributed by atoms with E-state index < -0.39 is 12.2 Å². The van der Waals surface area contributed by atoms with Crippen molar-refractivity contribution in [2.75, 3.05) is 18.0 Å². The fourth-order valence-corrected chi connectivity index (χ4v) is 2.38. The number of anilines is 1. The summed E-state index contributed by atoms with van der Waals surface area (Å²) in [5, 5.41) is 0. The van der Waals surface area contributed by atoms with E-state index in [0.717, 1.165) is 32.0 Å². The summed E-state index contributed by atoms with van der Waals surface area (Å²) in [6.07, 6.45) is -0.607. The molecular weight excluding hydrogens is 283 g/mol. The van der Waals surface area contributed by atoms with E-state index in [2.05, 4.69) is 15.9 Å². The van der Waals surface area contributed by atoms with Crippen LogP contribution in [0, 0.1) is 5.82 Å². The summed E-state index contributed by atoms with van der Waals surface area (Å²) in [4.78, 5) is 1.81. The number of hydrogen-bond donors (Lipinski definition) is 0. The van der Waals surface area contributed by atoms with Crippen molar-refractivity contribution < 1.29 is 13.2 Å². The van der Waals surface area contributed by atoms with Gasteiger partial charge in [0.15, 0.2) is 5.82 Å². The minimum Gasteiger partial charge on any atom is -0.369 e. The minimum atomic E-state index is -2.57. The van der Waals surface area contributed by atoms with Crippen LogP contribution in [0.2, 0.25) is 0 Å². The van der Waals surface area contributed by atoms with Crippen molar-refractivity contribution in [3.05, 3.63) is 28.0 Å². The van der Waals surface area contributed by atoms with E-state index >= 15 is 0 Å². The van der Waals surface area contributed by atoms with Crippen LogP contribution < -0.4 is 4.90 Å². The molecule has 0 atom stereocenters. The van der Waals surface area contributed by atoms with Crippen LogP contribution in [0.15, 0.2) is 16.6 Å². The Labute approximate surface area is 100 Å². The second kappa shape index (κ2) is 4.65. The van der Waals surface area contributed by atoms with Crippen molar-refractivity contribution in [3.63, 3.8) is 0 Å². The zero-order valence-corrected chi connectivity index (χ0v) is 10.1. The summed E-state index contributed by atoms with van der Waals surface area (Å²) in [7, 11) is 0. The highest BCUT2D eigenvalue weighted by molar-refractivity contribution is 9.10. The van der Waals surface area contributed by atoms with Gasteiger partial charge in [0.25, 0.3) is 6.43 Å². The standard InChI is InChI=1S/C11H11BrF3N/c12-8-5-7(11(14)15)6-9(10(8)13)16-3-1-2-4-16/h5-6,11H,1-4H2. The second-order valence-corrected chi connectivity index (χ2v) is 4.69. The quantitative estimate of drug-likeness (QED) is 0.793. The lowest BCUT2D eigenvalue weighted by Crippen LogP contribution is -2.19. The molecule has 0 bridgehead atoms. The molecule has 1 fully saturated rings. The Morgan fingerprint density at radius 1 is 1.19 bits per heavy atom. The van der Waals surface area contributed by atoms with Gasteiger partial charge in [-0.25, -0.2) is 13.2 Å². The molecule has 0 N–H and O–H groups in total. The third-order valence-electron chi connectivity index (χ3n) is 2.73. The Morgan fingerprint density at radius 3 is 2.38 bits per heavy atom. The molecule has 0 aromatic heterocycles. The van der Waals surface area contributed by atoms with E-state index in [-0.39, 0.29) is 15.7 Å². The predicted molar refractivity (Wildman–Crippen MR) is 60.5 cm³/mol. The molecule has 88 valence electrons. The largest absolute Gasteiger partial charge is 0.369 e. The molecule has 0 spiro atoms. The molecule has 0 unspecified atom stereocenters. The van der Waals surface area contributed by atoms with Gasteiger partial charge in [-0.15, -0.1) is 0 Å². The monoisotopic (exact) mass is 293 g/mol. The molecule has 1 aromatic carbocycles. The van der Waals surface area contributed by atoms with E-state index in [1.165, 1.54) is 6.07 Å². The molecule has 0 amide bonds. The molecule has 0 radical (unpaired) electrons. The molecule has 1 aliphatic heterocycles. The maximum absolute atomic E-state index is 13.8. The molecule has 1 heterocycles. The number of nitrogens with zero attached hydrogens (tertiary/aromatic N) is 1. The first kappa shape index (κ1) is 11.8. The van der Waals surface area contributed by atoms with Gasteiger partial charge >= 0.3 is 0 Å². The molecular formula is C11H11BrF3N. The average molecular weight is 294 g/mol. The van der Waals surface area contributed by atoms with Crippen LogP contribution in [0.5, 0.6) is 0 Å². The van der Waals surface area contributed by atoms with Crippen molar-refractivity contribution >= 4 is 21.6 Å². The summed E-state index contributed by atoms with van der Waals surface area (Å²) in [5.41, 5.74) is 0.136. The fourth-order valence-electron chi connectivity index (χ4n) is 1.91. The van der Waals surface area contributed by atoms with E-state index in [9.17, 15) is 13.2 Å². The van der Waals surface area contributed by atoms with Crippen molar-refractivity contribution in [3.8, 4) is 0 Å². The number of benzene rings is 1. The van der Waals surface area contributed by atoms with E-state index in [1.807, 2.05) is 4.90 Å². The molecule has 1 aromatic rings. The Bertz CT molecular complexity index is 389. The van der Waals surface area contributed by atoms with Crippen molar-refractivity contribution in [2.45, 2.75) is 19.3 Å². The summed E-state index contributed by atoms with van der Waals surface area (Å²) in [5.74, 6) is -0.453. The maximum atomic E-state index is 13.8. The highest BCUT2D eigenvalue weighted by Crippen LogP contribution is 2.33. The van der Waals surface area contributed by atoms with Gasteiger partial charge in [0, 0.05) is 18.7 Å². The molecule has 1 nitrogen and oxygen atoms in total. The summed E-state index contributed by atoms with van der Waals surface area (Å²) in [6, 6.07) is 2.38. The number of hydrogen-bond acceptors (Lipinski definition) is 1. The van der Waals surface area contributed by atoms with Gasteiger partial charge in [-0.1, -0.05) is 0 Å². The third-order valence-corrected chi connectivity index (χ3v) is 3.31. The number of rotatable bonds is 2. The van der Waals surface area contributed by atoms with Crippen molar-refractivity contribution in [2.24, 2.45) is 0 Å². The molecule has 16 heavy (non-hydrogen) atoms. The smallest absolute Gasteiger partial charge is 0.263 e. The van der Waals surface area contributed by atoms with Gasteiger partial charge in [0.05, 0.1) is 10.2 Å². The first-order chi connectivity index (χ1) is 7.59. The van der Waals surface area contributed by atoms with Crippen LogP contribution in [0.3, 0.4) is 0 Å². The highest BCUT2D eigenvalue weighted by Gasteiger charge is 2.20. The van der Waals surface area contributed by atoms with Gasteiger partial charge in [0.2, 0.25) is 0 Å². The first-order valence-electron chi connectivity index (χ1n) is 5.11. The van der Waals surface area contributed by atoms with Gasteiger partial charge in [-0.05, 0) is 40.9 Å². The van der Waals surface area contributed by atoms with E-state index in [4.69, 9.17) is 0 Å². The lowest BCUT2D eigenvalue weighted by molar-refractivity contribution is 0.151. The number of halogens is 4. The normalized spacial score (nSPS) is 16.2. The second-order valence-electron chi connectivity index (χ2n) is 3.83. The zero-order chi connectivity index (χ0) is 11.7.